The summed E-state index contributed by atoms with van der Waals surface area (Å²) in [5.41, 5.74) is 0. The van der Waals surface area contributed by atoms with Crippen molar-refractivity contribution >= 4 is 0 Å². The van der Waals surface area contributed by atoms with Gasteiger partial charge < -0.3 is 10.1 Å². The average molecular weight is 195 g/mol. The molecule has 1 fully saturated rings. The maximum absolute atomic E-state index is 9.48. The van der Waals surface area contributed by atoms with Gasteiger partial charge in [-0.2, -0.15) is 0 Å². The number of hydrogen-bond donors (Lipinski definition) is 2. The van der Waals surface area contributed by atoms with Gasteiger partial charge in [-0.25, -0.2) is 4.98 Å². The number of hydrogen-bond acceptors (Lipinski definition) is 3. The summed E-state index contributed by atoms with van der Waals surface area (Å²) in [4.78, 5) is 9.64. The first-order valence-corrected chi connectivity index (χ1v) is 5.23. The van der Waals surface area contributed by atoms with Crippen molar-refractivity contribution < 1.29 is 5.11 Å². The highest BCUT2D eigenvalue weighted by Gasteiger charge is 2.15. The third kappa shape index (κ3) is 2.56. The van der Waals surface area contributed by atoms with Gasteiger partial charge in [-0.3, -0.25) is 4.90 Å². The molecule has 0 radical (unpaired) electrons. The molecular weight excluding hydrogens is 178 g/mol. The van der Waals surface area contributed by atoms with E-state index < -0.39 is 0 Å². The molecule has 1 aliphatic heterocycles. The van der Waals surface area contributed by atoms with Gasteiger partial charge in [0.2, 0.25) is 0 Å². The van der Waals surface area contributed by atoms with Gasteiger partial charge in [0, 0.05) is 18.9 Å². The lowest BCUT2D eigenvalue weighted by Crippen LogP contribution is -2.25. The normalized spacial score (nSPS) is 24.8. The molecule has 1 aromatic rings. The number of aliphatic hydroxyl groups excluding tert-OH is 1. The van der Waals surface area contributed by atoms with Crippen LogP contribution in [0.4, 0.5) is 0 Å². The first-order chi connectivity index (χ1) is 6.84. The average Bonchev–Trinajstić information content (AvgIpc) is 2.58. The van der Waals surface area contributed by atoms with E-state index in [1.807, 2.05) is 6.20 Å². The Bertz CT molecular complexity index is 260. The molecule has 0 amide bonds. The zero-order valence-corrected chi connectivity index (χ0v) is 8.32. The Hall–Kier alpha value is -0.870. The fraction of sp³-hybridized carbons (Fsp3) is 0.700. The molecule has 0 spiro atoms. The maximum atomic E-state index is 9.48. The van der Waals surface area contributed by atoms with Crippen molar-refractivity contribution in [2.24, 2.45) is 0 Å². The Morgan fingerprint density at radius 1 is 1.50 bits per heavy atom. The predicted molar refractivity (Wildman–Crippen MR) is 53.7 cm³/mol. The highest BCUT2D eigenvalue weighted by molar-refractivity contribution is 4.87. The highest BCUT2D eigenvalue weighted by atomic mass is 16.3. The van der Waals surface area contributed by atoms with E-state index in [1.54, 1.807) is 6.20 Å². The van der Waals surface area contributed by atoms with Gasteiger partial charge in [-0.1, -0.05) is 0 Å². The third-order valence-electron chi connectivity index (χ3n) is 2.72. The zero-order valence-electron chi connectivity index (χ0n) is 8.32. The first kappa shape index (κ1) is 9.68. The molecule has 0 aromatic carbocycles. The molecule has 1 saturated heterocycles. The smallest absolute Gasteiger partial charge is 0.120 e. The minimum Gasteiger partial charge on any atom is -0.393 e. The number of aromatic nitrogens is 2. The van der Waals surface area contributed by atoms with Crippen molar-refractivity contribution in [1.82, 2.24) is 14.9 Å². The minimum absolute atomic E-state index is 0.100. The topological polar surface area (TPSA) is 52.1 Å². The molecule has 0 saturated carbocycles. The molecule has 2 rings (SSSR count). The van der Waals surface area contributed by atoms with E-state index in [1.165, 1.54) is 0 Å². The molecule has 4 nitrogen and oxygen atoms in total. The lowest BCUT2D eigenvalue weighted by Gasteiger charge is -2.17. The van der Waals surface area contributed by atoms with E-state index in [-0.39, 0.29) is 6.10 Å². The molecule has 1 unspecified atom stereocenters. The van der Waals surface area contributed by atoms with Crippen LogP contribution in [-0.4, -0.2) is 39.2 Å². The molecular formula is C10H17N3O. The lowest BCUT2D eigenvalue weighted by atomic mass is 10.2. The quantitative estimate of drug-likeness (QED) is 0.732. The van der Waals surface area contributed by atoms with Crippen LogP contribution in [0.3, 0.4) is 0 Å². The SMILES string of the molecule is OC1CCCN(Cc2ncc[nH]2)CC1. The summed E-state index contributed by atoms with van der Waals surface area (Å²) in [5, 5.41) is 9.48. The monoisotopic (exact) mass is 195 g/mol. The van der Waals surface area contributed by atoms with Gasteiger partial charge in [-0.05, 0) is 25.8 Å². The maximum Gasteiger partial charge on any atom is 0.120 e. The lowest BCUT2D eigenvalue weighted by molar-refractivity contribution is 0.154. The van der Waals surface area contributed by atoms with Gasteiger partial charge in [0.25, 0.3) is 0 Å². The summed E-state index contributed by atoms with van der Waals surface area (Å²) < 4.78 is 0. The van der Waals surface area contributed by atoms with Crippen LogP contribution >= 0.6 is 0 Å². The molecule has 0 bridgehead atoms. The van der Waals surface area contributed by atoms with Crippen LogP contribution in [0, 0.1) is 0 Å². The Balaban J connectivity index is 1.86. The second-order valence-electron chi connectivity index (χ2n) is 3.90. The van der Waals surface area contributed by atoms with Crippen LogP contribution in [0.5, 0.6) is 0 Å². The van der Waals surface area contributed by atoms with Crippen molar-refractivity contribution in [3.8, 4) is 0 Å². The van der Waals surface area contributed by atoms with Crippen LogP contribution in [0.15, 0.2) is 12.4 Å². The molecule has 2 heterocycles. The fourth-order valence-electron chi connectivity index (χ4n) is 1.89. The summed E-state index contributed by atoms with van der Waals surface area (Å²) in [7, 11) is 0. The number of aliphatic hydroxyl groups is 1. The standard InChI is InChI=1S/C10H17N3O/c14-9-2-1-6-13(7-3-9)8-10-11-4-5-12-10/h4-5,9,14H,1-3,6-8H2,(H,11,12). The first-order valence-electron chi connectivity index (χ1n) is 5.23. The van der Waals surface area contributed by atoms with Gasteiger partial charge >= 0.3 is 0 Å². The summed E-state index contributed by atoms with van der Waals surface area (Å²) in [6.45, 7) is 2.92. The van der Waals surface area contributed by atoms with E-state index in [0.29, 0.717) is 0 Å². The van der Waals surface area contributed by atoms with Crippen molar-refractivity contribution in [3.05, 3.63) is 18.2 Å². The van der Waals surface area contributed by atoms with E-state index in [9.17, 15) is 5.11 Å². The Morgan fingerprint density at radius 2 is 2.43 bits per heavy atom. The number of nitrogens with one attached hydrogen (secondary N) is 1. The summed E-state index contributed by atoms with van der Waals surface area (Å²) in [6.07, 6.45) is 6.44. The van der Waals surface area contributed by atoms with E-state index in [0.717, 1.165) is 44.7 Å². The number of imidazole rings is 1. The van der Waals surface area contributed by atoms with E-state index in [4.69, 9.17) is 0 Å². The number of likely N-dealkylation sites (tertiary alicyclic amines) is 1. The molecule has 1 aliphatic rings. The van der Waals surface area contributed by atoms with Crippen molar-refractivity contribution in [3.63, 3.8) is 0 Å². The van der Waals surface area contributed by atoms with Crippen LogP contribution < -0.4 is 0 Å². The van der Waals surface area contributed by atoms with E-state index in [2.05, 4.69) is 14.9 Å². The molecule has 1 atom stereocenters. The van der Waals surface area contributed by atoms with Crippen LogP contribution in [0.25, 0.3) is 0 Å². The van der Waals surface area contributed by atoms with Gasteiger partial charge in [0.15, 0.2) is 0 Å². The summed E-state index contributed by atoms with van der Waals surface area (Å²) >= 11 is 0. The highest BCUT2D eigenvalue weighted by Crippen LogP contribution is 2.12. The summed E-state index contributed by atoms with van der Waals surface area (Å²) in [5.74, 6) is 1.02. The molecule has 0 aliphatic carbocycles. The molecule has 4 heteroatoms. The van der Waals surface area contributed by atoms with Crippen molar-refractivity contribution in [2.45, 2.75) is 31.9 Å². The van der Waals surface area contributed by atoms with Gasteiger partial charge in [-0.15, -0.1) is 0 Å². The van der Waals surface area contributed by atoms with Crippen LogP contribution in [0.2, 0.25) is 0 Å². The second kappa shape index (κ2) is 4.57. The number of H-pyrrole nitrogens is 1. The van der Waals surface area contributed by atoms with Gasteiger partial charge in [0.05, 0.1) is 12.6 Å². The van der Waals surface area contributed by atoms with Crippen LogP contribution in [0.1, 0.15) is 25.1 Å². The predicted octanol–water partition coefficient (Wildman–Crippen LogP) is 0.756. The number of aromatic amines is 1. The second-order valence-corrected chi connectivity index (χ2v) is 3.90. The largest absolute Gasteiger partial charge is 0.393 e. The zero-order chi connectivity index (χ0) is 9.80. The van der Waals surface area contributed by atoms with Crippen molar-refractivity contribution in [1.29, 1.82) is 0 Å². The fourth-order valence-corrected chi connectivity index (χ4v) is 1.89. The Morgan fingerprint density at radius 3 is 3.21 bits per heavy atom. The number of nitrogens with zero attached hydrogens (tertiary/aromatic N) is 2. The van der Waals surface area contributed by atoms with E-state index >= 15 is 0 Å². The third-order valence-corrected chi connectivity index (χ3v) is 2.72. The number of rotatable bonds is 2. The molecule has 1 aromatic heterocycles. The molecule has 2 N–H and O–H groups in total. The van der Waals surface area contributed by atoms with Crippen molar-refractivity contribution in [2.75, 3.05) is 13.1 Å². The minimum atomic E-state index is -0.100. The Labute approximate surface area is 84.0 Å². The summed E-state index contributed by atoms with van der Waals surface area (Å²) in [6, 6.07) is 0. The van der Waals surface area contributed by atoms with Gasteiger partial charge in [0.1, 0.15) is 5.82 Å². The molecule has 78 valence electrons. The Kier molecular flexibility index (Phi) is 3.16. The molecule has 14 heavy (non-hydrogen) atoms. The van der Waals surface area contributed by atoms with Crippen LogP contribution in [-0.2, 0) is 6.54 Å².